The van der Waals surface area contributed by atoms with E-state index in [0.29, 0.717) is 40.8 Å². The van der Waals surface area contributed by atoms with E-state index in [4.69, 9.17) is 39.9 Å². The van der Waals surface area contributed by atoms with Gasteiger partial charge in [-0.15, -0.1) is 0 Å². The Hall–Kier alpha value is -13.8. The fourth-order valence-corrected chi connectivity index (χ4v) is 11.8. The summed E-state index contributed by atoms with van der Waals surface area (Å²) in [7, 11) is 0. The zero-order valence-electron chi connectivity index (χ0n) is 55.1. The van der Waals surface area contributed by atoms with Crippen LogP contribution in [0.25, 0.3) is 158 Å². The molecule has 101 heavy (non-hydrogen) atoms. The van der Waals surface area contributed by atoms with Crippen molar-refractivity contribution in [3.05, 3.63) is 370 Å². The maximum absolute atomic E-state index is 4.97. The van der Waals surface area contributed by atoms with Crippen LogP contribution in [0.15, 0.2) is 364 Å². The first kappa shape index (κ1) is 63.3. The summed E-state index contributed by atoms with van der Waals surface area (Å²) in [6, 6.07) is 118. The second kappa shape index (κ2) is 30.1. The van der Waals surface area contributed by atoms with Crippen LogP contribution in [0.3, 0.4) is 0 Å². The molecule has 0 spiro atoms. The average Bonchev–Trinajstić information content (AvgIpc) is 0.904. The number of hydrogen-bond donors (Lipinski definition) is 0. The number of nitrogens with zero attached hydrogens (tertiary/aromatic N) is 11. The minimum atomic E-state index is 0.644. The van der Waals surface area contributed by atoms with Gasteiger partial charge in [-0.3, -0.25) is 15.0 Å². The summed E-state index contributed by atoms with van der Waals surface area (Å²) in [6.07, 6.45) is 3.68. The number of pyridine rings is 3. The summed E-state index contributed by atoms with van der Waals surface area (Å²) >= 11 is 0. The molecule has 6 heterocycles. The highest BCUT2D eigenvalue weighted by Gasteiger charge is 2.17. The molecule has 0 saturated heterocycles. The summed E-state index contributed by atoms with van der Waals surface area (Å²) in [5.74, 6) is 4.64. The first-order valence-corrected chi connectivity index (χ1v) is 33.3. The molecular formula is C90H63N11. The number of aryl methyl sites for hydroxylation is 1. The number of hydrogen-bond acceptors (Lipinski definition) is 11. The quantitative estimate of drug-likeness (QED) is 0.109. The number of aromatic nitrogens is 11. The van der Waals surface area contributed by atoms with Crippen LogP contribution in [-0.2, 0) is 0 Å². The van der Waals surface area contributed by atoms with Gasteiger partial charge in [0.1, 0.15) is 0 Å². The van der Waals surface area contributed by atoms with Crippen LogP contribution in [-0.4, -0.2) is 54.8 Å². The third kappa shape index (κ3) is 15.1. The summed E-state index contributed by atoms with van der Waals surface area (Å²) < 4.78 is 0. The molecule has 0 bridgehead atoms. The molecule has 17 rings (SSSR count). The van der Waals surface area contributed by atoms with Gasteiger partial charge in [0, 0.05) is 90.2 Å². The van der Waals surface area contributed by atoms with Gasteiger partial charge in [-0.1, -0.05) is 309 Å². The van der Waals surface area contributed by atoms with Gasteiger partial charge in [0.05, 0.1) is 28.5 Å². The molecule has 0 N–H and O–H groups in total. The van der Waals surface area contributed by atoms with Crippen molar-refractivity contribution in [1.29, 1.82) is 0 Å². The Balaban J connectivity index is 0.000000123. The predicted molar refractivity (Wildman–Crippen MR) is 408 cm³/mol. The smallest absolute Gasteiger partial charge is 0.164 e. The molecule has 11 nitrogen and oxygen atoms in total. The Morgan fingerprint density at radius 2 is 0.515 bits per heavy atom. The minimum absolute atomic E-state index is 0.644. The Kier molecular flexibility index (Phi) is 18.9. The van der Waals surface area contributed by atoms with Crippen molar-refractivity contribution >= 4 is 10.8 Å². The molecule has 0 fully saturated rings. The molecule has 478 valence electrons. The Morgan fingerprint density at radius 1 is 0.178 bits per heavy atom. The van der Waals surface area contributed by atoms with Gasteiger partial charge in [0.25, 0.3) is 0 Å². The van der Waals surface area contributed by atoms with E-state index >= 15 is 0 Å². The summed E-state index contributed by atoms with van der Waals surface area (Å²) in [4.78, 5) is 52.3. The first-order valence-electron chi connectivity index (χ1n) is 33.3. The van der Waals surface area contributed by atoms with E-state index in [0.717, 1.165) is 117 Å². The molecule has 11 aromatic carbocycles. The largest absolute Gasteiger partial charge is 0.256 e. The maximum atomic E-state index is 4.97. The molecule has 0 aliphatic heterocycles. The van der Waals surface area contributed by atoms with Gasteiger partial charge in [0.2, 0.25) is 0 Å². The van der Waals surface area contributed by atoms with Crippen LogP contribution in [0.2, 0.25) is 0 Å². The summed E-state index contributed by atoms with van der Waals surface area (Å²) in [6.45, 7) is 2.00. The maximum Gasteiger partial charge on any atom is 0.164 e. The number of benzene rings is 11. The van der Waals surface area contributed by atoms with E-state index in [9.17, 15) is 0 Å². The molecule has 0 amide bonds. The van der Waals surface area contributed by atoms with Gasteiger partial charge < -0.3 is 0 Å². The van der Waals surface area contributed by atoms with E-state index in [1.54, 1.807) is 0 Å². The van der Waals surface area contributed by atoms with Crippen LogP contribution in [0, 0.1) is 6.92 Å². The second-order valence-corrected chi connectivity index (χ2v) is 23.8. The Labute approximate surface area is 586 Å². The lowest BCUT2D eigenvalue weighted by Crippen LogP contribution is -2.00. The number of fused-ring (bicyclic) bond motifs is 1. The fourth-order valence-electron chi connectivity index (χ4n) is 11.8. The SMILES string of the molecule is Cc1cccc(-c2ccc(-c3nc(-c4ccccc4)nc(-c4ccccc4)n3)cc2)n1.c1ccc(-c2cc(-c3ccccc3)nc(-c3cccc(-c4ccc(-c5ccccn5)cc4)c3)n2)cc1.c1ccc(-c2nc(-c3ccccc3)nc(-c3ccc(-c4nccc5ccccc45)cc3)n2)cc1. The predicted octanol–water partition coefficient (Wildman–Crippen LogP) is 21.5. The van der Waals surface area contributed by atoms with Crippen LogP contribution in [0.1, 0.15) is 5.69 Å². The molecule has 0 saturated carbocycles. The van der Waals surface area contributed by atoms with E-state index in [-0.39, 0.29) is 0 Å². The molecule has 0 aliphatic rings. The molecule has 0 radical (unpaired) electrons. The molecule has 0 atom stereocenters. The topological polar surface area (TPSA) is 142 Å². The fraction of sp³-hybridized carbons (Fsp3) is 0.0111. The summed E-state index contributed by atoms with van der Waals surface area (Å²) in [5.41, 5.74) is 20.0. The number of rotatable bonds is 13. The molecule has 6 aromatic heterocycles. The van der Waals surface area contributed by atoms with Crippen molar-refractivity contribution in [3.8, 4) is 147 Å². The highest BCUT2D eigenvalue weighted by molar-refractivity contribution is 5.94. The summed E-state index contributed by atoms with van der Waals surface area (Å²) in [5, 5.41) is 2.31. The van der Waals surface area contributed by atoms with Crippen molar-refractivity contribution in [2.75, 3.05) is 0 Å². The van der Waals surface area contributed by atoms with Gasteiger partial charge in [-0.05, 0) is 65.9 Å². The standard InChI is InChI=1S/C33H23N3.C30H20N4.C27H20N4/c1-3-10-25(11-4-1)31-23-32(26-12-5-2-6-13-26)36-33(35-31)29-15-9-14-28(22-29)24-17-19-27(20-18-24)30-16-7-8-21-34-30;1-3-10-23(11-4-1)28-32-29(24-12-5-2-6-13-24)34-30(33-28)25-17-15-22(16-18-25)27-26-14-8-7-9-21(26)19-20-31-27;1-19-9-8-14-24(28-19)20-15-17-23(18-16-20)27-30-25(21-10-4-2-5-11-21)29-26(31-27)22-12-6-3-7-13-22/h1-23H;1-20H;2-18H,1H3. The van der Waals surface area contributed by atoms with E-state index in [2.05, 4.69) is 142 Å². The molecule has 11 heteroatoms. The third-order valence-corrected chi connectivity index (χ3v) is 17.0. The van der Waals surface area contributed by atoms with E-state index in [1.807, 2.05) is 244 Å². The zero-order valence-corrected chi connectivity index (χ0v) is 55.1. The van der Waals surface area contributed by atoms with Gasteiger partial charge in [-0.2, -0.15) is 0 Å². The lowest BCUT2D eigenvalue weighted by molar-refractivity contribution is 1.07. The van der Waals surface area contributed by atoms with E-state index < -0.39 is 0 Å². The molecule has 0 aliphatic carbocycles. The van der Waals surface area contributed by atoms with Gasteiger partial charge >= 0.3 is 0 Å². The van der Waals surface area contributed by atoms with Crippen molar-refractivity contribution in [2.45, 2.75) is 6.92 Å². The van der Waals surface area contributed by atoms with Crippen molar-refractivity contribution in [3.63, 3.8) is 0 Å². The van der Waals surface area contributed by atoms with Crippen LogP contribution in [0.4, 0.5) is 0 Å². The lowest BCUT2D eigenvalue weighted by Gasteiger charge is -2.11. The van der Waals surface area contributed by atoms with Crippen molar-refractivity contribution < 1.29 is 0 Å². The van der Waals surface area contributed by atoms with Crippen LogP contribution >= 0.6 is 0 Å². The minimum Gasteiger partial charge on any atom is -0.256 e. The van der Waals surface area contributed by atoms with Gasteiger partial charge in [-0.25, -0.2) is 39.9 Å². The third-order valence-electron chi connectivity index (χ3n) is 17.0. The molecule has 0 unspecified atom stereocenters. The average molecular weight is 1300 g/mol. The van der Waals surface area contributed by atoms with Crippen molar-refractivity contribution in [2.24, 2.45) is 0 Å². The second-order valence-electron chi connectivity index (χ2n) is 23.8. The zero-order chi connectivity index (χ0) is 67.9. The van der Waals surface area contributed by atoms with Gasteiger partial charge in [0.15, 0.2) is 40.8 Å². The van der Waals surface area contributed by atoms with Crippen LogP contribution < -0.4 is 0 Å². The molecular weight excluding hydrogens is 1240 g/mol. The monoisotopic (exact) mass is 1300 g/mol. The van der Waals surface area contributed by atoms with E-state index in [1.165, 1.54) is 5.39 Å². The highest BCUT2D eigenvalue weighted by atomic mass is 15.0. The molecule has 17 aromatic rings. The highest BCUT2D eigenvalue weighted by Crippen LogP contribution is 2.34. The van der Waals surface area contributed by atoms with Crippen LogP contribution in [0.5, 0.6) is 0 Å². The first-order chi connectivity index (χ1) is 49.9. The Bertz CT molecular complexity index is 5430. The van der Waals surface area contributed by atoms with Crippen molar-refractivity contribution in [1.82, 2.24) is 54.8 Å². The normalized spacial score (nSPS) is 10.8. The Morgan fingerprint density at radius 3 is 0.970 bits per heavy atom. The lowest BCUT2D eigenvalue weighted by atomic mass is 10.00.